The summed E-state index contributed by atoms with van der Waals surface area (Å²) in [5, 5.41) is 2.66. The summed E-state index contributed by atoms with van der Waals surface area (Å²) in [6.45, 7) is 1.23. The van der Waals surface area contributed by atoms with Gasteiger partial charge in [0.25, 0.3) is 15.9 Å². The number of sulfonamides is 2. The summed E-state index contributed by atoms with van der Waals surface area (Å²) in [5.74, 6) is -0.238. The van der Waals surface area contributed by atoms with Crippen LogP contribution in [0.25, 0.3) is 0 Å². The maximum atomic E-state index is 12.7. The molecule has 190 valence electrons. The van der Waals surface area contributed by atoms with Crippen molar-refractivity contribution >= 4 is 37.5 Å². The summed E-state index contributed by atoms with van der Waals surface area (Å²) in [6.07, 6.45) is 1.17. The third-order valence-electron chi connectivity index (χ3n) is 5.24. The zero-order chi connectivity index (χ0) is 25.8. The third kappa shape index (κ3) is 5.79. The Balaban J connectivity index is 1.41. The first-order chi connectivity index (χ1) is 17.2. The Morgan fingerprint density at radius 3 is 2.22 bits per heavy atom. The van der Waals surface area contributed by atoms with Crippen molar-refractivity contribution in [1.29, 1.82) is 0 Å². The summed E-state index contributed by atoms with van der Waals surface area (Å²) in [4.78, 5) is 20.3. The third-order valence-corrected chi connectivity index (χ3v) is 8.52. The molecule has 0 bridgehead atoms. The quantitative estimate of drug-likeness (QED) is 0.438. The number of anilines is 2. The van der Waals surface area contributed by atoms with Gasteiger partial charge in [-0.2, -0.15) is 4.31 Å². The van der Waals surface area contributed by atoms with Gasteiger partial charge in [0.15, 0.2) is 0 Å². The molecule has 4 rings (SSSR count). The Morgan fingerprint density at radius 1 is 0.944 bits per heavy atom. The van der Waals surface area contributed by atoms with Crippen LogP contribution >= 0.6 is 0 Å². The number of morpholine rings is 1. The van der Waals surface area contributed by atoms with E-state index in [1.807, 2.05) is 0 Å². The molecule has 1 saturated heterocycles. The molecule has 1 aromatic heterocycles. The summed E-state index contributed by atoms with van der Waals surface area (Å²) in [6, 6.07) is 12.5. The molecule has 0 unspecified atom stereocenters. The summed E-state index contributed by atoms with van der Waals surface area (Å²) >= 11 is 0. The molecule has 0 atom stereocenters. The zero-order valence-electron chi connectivity index (χ0n) is 19.1. The number of nitrogens with one attached hydrogen (secondary N) is 2. The van der Waals surface area contributed by atoms with E-state index in [2.05, 4.69) is 20.0 Å². The zero-order valence-corrected chi connectivity index (χ0v) is 20.8. The van der Waals surface area contributed by atoms with Gasteiger partial charge in [0.2, 0.25) is 15.9 Å². The van der Waals surface area contributed by atoms with Gasteiger partial charge in [-0.3, -0.25) is 9.52 Å². The monoisotopic (exact) mass is 533 g/mol. The Bertz CT molecular complexity index is 1440. The van der Waals surface area contributed by atoms with Crippen LogP contribution in [0.2, 0.25) is 0 Å². The Hall–Kier alpha value is -3.59. The van der Waals surface area contributed by atoms with Gasteiger partial charge in [-0.05, 0) is 48.5 Å². The lowest BCUT2D eigenvalue weighted by Crippen LogP contribution is -2.40. The number of rotatable bonds is 8. The van der Waals surface area contributed by atoms with Gasteiger partial charge >= 0.3 is 0 Å². The number of ether oxygens (including phenoxy) is 2. The molecule has 36 heavy (non-hydrogen) atoms. The molecule has 0 spiro atoms. The second-order valence-corrected chi connectivity index (χ2v) is 11.2. The molecule has 3 aromatic rings. The highest BCUT2D eigenvalue weighted by atomic mass is 32.2. The first-order valence-electron chi connectivity index (χ1n) is 10.7. The van der Waals surface area contributed by atoms with E-state index in [9.17, 15) is 21.6 Å². The largest absolute Gasteiger partial charge is 0.481 e. The molecule has 12 nitrogen and oxygen atoms in total. The van der Waals surface area contributed by atoms with Crippen molar-refractivity contribution in [2.45, 2.75) is 9.79 Å². The summed E-state index contributed by atoms with van der Waals surface area (Å²) in [7, 11) is -6.21. The van der Waals surface area contributed by atoms with E-state index in [-0.39, 0.29) is 40.1 Å². The molecule has 1 aliphatic heterocycles. The fraction of sp³-hybridized carbons (Fsp3) is 0.227. The van der Waals surface area contributed by atoms with Crippen molar-refractivity contribution in [2.24, 2.45) is 0 Å². The number of aromatic nitrogens is 2. The normalized spacial score (nSPS) is 14.7. The molecule has 1 fully saturated rings. The fourth-order valence-corrected chi connectivity index (χ4v) is 5.75. The maximum Gasteiger partial charge on any atom is 0.263 e. The number of benzene rings is 2. The highest BCUT2D eigenvalue weighted by Crippen LogP contribution is 2.21. The highest BCUT2D eigenvalue weighted by Gasteiger charge is 2.26. The van der Waals surface area contributed by atoms with Gasteiger partial charge in [-0.15, -0.1) is 0 Å². The van der Waals surface area contributed by atoms with Crippen molar-refractivity contribution in [3.63, 3.8) is 0 Å². The average molecular weight is 534 g/mol. The van der Waals surface area contributed by atoms with Crippen LogP contribution in [0, 0.1) is 0 Å². The van der Waals surface area contributed by atoms with Crippen molar-refractivity contribution in [2.75, 3.05) is 43.5 Å². The van der Waals surface area contributed by atoms with Gasteiger partial charge < -0.3 is 14.8 Å². The van der Waals surface area contributed by atoms with E-state index in [1.54, 1.807) is 0 Å². The molecule has 0 aliphatic carbocycles. The molecule has 0 radical (unpaired) electrons. The van der Waals surface area contributed by atoms with Crippen LogP contribution in [0.1, 0.15) is 10.4 Å². The predicted octanol–water partition coefficient (Wildman–Crippen LogP) is 1.56. The maximum absolute atomic E-state index is 12.7. The SMILES string of the molecule is COc1cc(NS(=O)(=O)c2ccc(NC(=O)c3ccc(S(=O)(=O)N4CCOCC4)cc3)cc2)ncn1. The molecular formula is C22H23N5O7S2. The minimum absolute atomic E-state index is 0.0401. The highest BCUT2D eigenvalue weighted by molar-refractivity contribution is 7.92. The molecule has 2 aromatic carbocycles. The van der Waals surface area contributed by atoms with Crippen LogP contribution in [0.4, 0.5) is 11.5 Å². The topological polar surface area (TPSA) is 157 Å². The van der Waals surface area contributed by atoms with Crippen molar-refractivity contribution < 1.29 is 31.1 Å². The molecule has 1 aliphatic rings. The first-order valence-corrected chi connectivity index (χ1v) is 13.6. The van der Waals surface area contributed by atoms with Crippen LogP contribution < -0.4 is 14.8 Å². The number of carbonyl (C=O) groups excluding carboxylic acids is 1. The Kier molecular flexibility index (Phi) is 7.49. The van der Waals surface area contributed by atoms with Gasteiger partial charge in [0, 0.05) is 30.4 Å². The van der Waals surface area contributed by atoms with E-state index >= 15 is 0 Å². The molecular weight excluding hydrogens is 510 g/mol. The lowest BCUT2D eigenvalue weighted by molar-refractivity contribution is 0.0730. The van der Waals surface area contributed by atoms with Crippen LogP contribution in [0.3, 0.4) is 0 Å². The van der Waals surface area contributed by atoms with Gasteiger partial charge in [0.1, 0.15) is 12.1 Å². The van der Waals surface area contributed by atoms with Crippen molar-refractivity contribution in [3.05, 3.63) is 66.5 Å². The van der Waals surface area contributed by atoms with E-state index in [4.69, 9.17) is 9.47 Å². The van der Waals surface area contributed by atoms with E-state index in [0.717, 1.165) is 0 Å². The number of methoxy groups -OCH3 is 1. The predicted molar refractivity (Wildman–Crippen MR) is 130 cm³/mol. The molecule has 2 N–H and O–H groups in total. The second kappa shape index (κ2) is 10.6. The lowest BCUT2D eigenvalue weighted by Gasteiger charge is -2.26. The number of amides is 1. The summed E-state index contributed by atoms with van der Waals surface area (Å²) in [5.41, 5.74) is 0.597. The molecule has 1 amide bonds. The summed E-state index contributed by atoms with van der Waals surface area (Å²) < 4.78 is 64.5. The standard InChI is InChI=1S/C22H23N5O7S2/c1-33-21-14-20(23-15-24-21)26-35(29,30)18-8-4-17(5-9-18)25-22(28)16-2-6-19(7-3-16)36(31,32)27-10-12-34-13-11-27/h2-9,14-15H,10-13H2,1H3,(H,25,28)(H,23,24,26). The van der Waals surface area contributed by atoms with Crippen molar-refractivity contribution in [1.82, 2.24) is 14.3 Å². The van der Waals surface area contributed by atoms with Crippen LogP contribution in [-0.2, 0) is 24.8 Å². The number of nitrogens with zero attached hydrogens (tertiary/aromatic N) is 3. The van der Waals surface area contributed by atoms with Crippen LogP contribution in [-0.4, -0.2) is 70.4 Å². The van der Waals surface area contributed by atoms with Crippen LogP contribution in [0.15, 0.2) is 70.7 Å². The van der Waals surface area contributed by atoms with E-state index in [0.29, 0.717) is 18.9 Å². The second-order valence-electron chi connectivity index (χ2n) is 7.57. The lowest BCUT2D eigenvalue weighted by atomic mass is 10.2. The van der Waals surface area contributed by atoms with Gasteiger partial charge in [-0.1, -0.05) is 0 Å². The average Bonchev–Trinajstić information content (AvgIpc) is 2.89. The fourth-order valence-electron chi connectivity index (χ4n) is 3.34. The molecule has 14 heteroatoms. The first kappa shape index (κ1) is 25.5. The van der Waals surface area contributed by atoms with Crippen LogP contribution in [0.5, 0.6) is 5.88 Å². The minimum atomic E-state index is -3.94. The smallest absolute Gasteiger partial charge is 0.263 e. The number of hydrogen-bond donors (Lipinski definition) is 2. The van der Waals surface area contributed by atoms with Gasteiger partial charge in [-0.25, -0.2) is 26.8 Å². The minimum Gasteiger partial charge on any atom is -0.481 e. The molecule has 0 saturated carbocycles. The van der Waals surface area contributed by atoms with Crippen molar-refractivity contribution in [3.8, 4) is 5.88 Å². The van der Waals surface area contributed by atoms with E-state index in [1.165, 1.54) is 72.3 Å². The van der Waals surface area contributed by atoms with E-state index < -0.39 is 26.0 Å². The Morgan fingerprint density at radius 2 is 1.58 bits per heavy atom. The number of hydrogen-bond acceptors (Lipinski definition) is 9. The number of carbonyl (C=O) groups is 1. The van der Waals surface area contributed by atoms with Gasteiger partial charge in [0.05, 0.1) is 30.1 Å². The molecule has 2 heterocycles. The Labute approximate surface area is 208 Å².